The molecule has 2 amide bonds. The van der Waals surface area contributed by atoms with Crippen LogP contribution in [0.1, 0.15) is 56.7 Å². The summed E-state index contributed by atoms with van der Waals surface area (Å²) in [5.41, 5.74) is 3.24. The fraction of sp³-hybridized carbons (Fsp3) is 0.440. The molecule has 0 saturated heterocycles. The van der Waals surface area contributed by atoms with Crippen molar-refractivity contribution in [2.45, 2.75) is 72.0 Å². The third-order valence-electron chi connectivity index (χ3n) is 5.17. The van der Waals surface area contributed by atoms with Crippen molar-refractivity contribution in [3.63, 3.8) is 0 Å². The second-order valence-corrected chi connectivity index (χ2v) is 7.78. The molecule has 0 aliphatic carbocycles. The third-order valence-corrected chi connectivity index (χ3v) is 5.17. The van der Waals surface area contributed by atoms with Crippen LogP contribution < -0.4 is 5.32 Å². The quantitative estimate of drug-likeness (QED) is 0.638. The smallest absolute Gasteiger partial charge is 0.243 e. The summed E-state index contributed by atoms with van der Waals surface area (Å²) in [6.45, 7) is 8.51. The molecule has 29 heavy (non-hydrogen) atoms. The van der Waals surface area contributed by atoms with E-state index in [4.69, 9.17) is 0 Å². The van der Waals surface area contributed by atoms with Gasteiger partial charge in [0.05, 0.1) is 0 Å². The van der Waals surface area contributed by atoms with Gasteiger partial charge in [0.1, 0.15) is 6.04 Å². The van der Waals surface area contributed by atoms with Crippen LogP contribution >= 0.6 is 0 Å². The summed E-state index contributed by atoms with van der Waals surface area (Å²) in [7, 11) is 0. The molecule has 2 aromatic carbocycles. The molecule has 2 atom stereocenters. The number of nitrogens with one attached hydrogen (secondary N) is 1. The van der Waals surface area contributed by atoms with Gasteiger partial charge in [-0.25, -0.2) is 0 Å². The molecule has 4 heteroatoms. The fourth-order valence-electron chi connectivity index (χ4n) is 3.36. The summed E-state index contributed by atoms with van der Waals surface area (Å²) in [4.78, 5) is 28.1. The highest BCUT2D eigenvalue weighted by Crippen LogP contribution is 2.17. The van der Waals surface area contributed by atoms with Crippen LogP contribution in [0.25, 0.3) is 0 Å². The summed E-state index contributed by atoms with van der Waals surface area (Å²) in [5.74, 6) is -0.0606. The van der Waals surface area contributed by atoms with Crippen molar-refractivity contribution in [1.29, 1.82) is 0 Å². The maximum absolute atomic E-state index is 13.2. The molecule has 0 fully saturated rings. The third kappa shape index (κ3) is 7.04. The van der Waals surface area contributed by atoms with Crippen LogP contribution in [-0.2, 0) is 22.6 Å². The molecule has 0 unspecified atom stereocenters. The van der Waals surface area contributed by atoms with E-state index in [0.29, 0.717) is 19.4 Å². The number of carbonyl (C=O) groups is 2. The Kier molecular flexibility index (Phi) is 8.91. The van der Waals surface area contributed by atoms with E-state index in [1.165, 1.54) is 0 Å². The Labute approximate surface area is 175 Å². The zero-order valence-electron chi connectivity index (χ0n) is 18.2. The number of rotatable bonds is 10. The van der Waals surface area contributed by atoms with Gasteiger partial charge in [-0.3, -0.25) is 9.59 Å². The lowest BCUT2D eigenvalue weighted by atomic mass is 10.0. The van der Waals surface area contributed by atoms with E-state index in [9.17, 15) is 9.59 Å². The van der Waals surface area contributed by atoms with E-state index in [1.807, 2.05) is 76.2 Å². The highest BCUT2D eigenvalue weighted by molar-refractivity contribution is 5.88. The maximum atomic E-state index is 13.2. The van der Waals surface area contributed by atoms with E-state index in [1.54, 1.807) is 4.90 Å². The lowest BCUT2D eigenvalue weighted by Crippen LogP contribution is -2.52. The molecule has 0 saturated carbocycles. The number of benzene rings is 2. The van der Waals surface area contributed by atoms with Crippen LogP contribution in [0.4, 0.5) is 0 Å². The molecule has 4 nitrogen and oxygen atoms in total. The Balaban J connectivity index is 2.37. The van der Waals surface area contributed by atoms with E-state index in [2.05, 4.69) is 11.4 Å². The molecular formula is C25H34N2O2. The van der Waals surface area contributed by atoms with Gasteiger partial charge in [0.25, 0.3) is 0 Å². The first kappa shape index (κ1) is 22.7. The normalized spacial score (nSPS) is 12.8. The topological polar surface area (TPSA) is 49.4 Å². The van der Waals surface area contributed by atoms with Crippen molar-refractivity contribution >= 4 is 11.8 Å². The van der Waals surface area contributed by atoms with Crippen molar-refractivity contribution < 1.29 is 9.59 Å². The summed E-state index contributed by atoms with van der Waals surface area (Å²) in [5, 5.41) is 3.09. The van der Waals surface area contributed by atoms with E-state index < -0.39 is 6.04 Å². The Morgan fingerprint density at radius 3 is 2.31 bits per heavy atom. The number of amides is 2. The molecule has 0 aliphatic rings. The summed E-state index contributed by atoms with van der Waals surface area (Å²) >= 11 is 0. The van der Waals surface area contributed by atoms with E-state index in [0.717, 1.165) is 29.5 Å². The van der Waals surface area contributed by atoms with Gasteiger partial charge in [0.15, 0.2) is 0 Å². The summed E-state index contributed by atoms with van der Waals surface area (Å²) < 4.78 is 0. The van der Waals surface area contributed by atoms with Gasteiger partial charge in [-0.15, -0.1) is 0 Å². The van der Waals surface area contributed by atoms with Crippen LogP contribution in [0, 0.1) is 6.92 Å². The first-order chi connectivity index (χ1) is 13.9. The van der Waals surface area contributed by atoms with Gasteiger partial charge in [0.2, 0.25) is 11.8 Å². The van der Waals surface area contributed by atoms with Crippen LogP contribution in [0.5, 0.6) is 0 Å². The molecule has 0 spiro atoms. The van der Waals surface area contributed by atoms with Crippen molar-refractivity contribution in [3.05, 3.63) is 71.3 Å². The second kappa shape index (κ2) is 11.4. The minimum atomic E-state index is -0.536. The average Bonchev–Trinajstić information content (AvgIpc) is 2.71. The van der Waals surface area contributed by atoms with Crippen LogP contribution in [0.2, 0.25) is 0 Å². The van der Waals surface area contributed by atoms with Gasteiger partial charge in [0, 0.05) is 25.4 Å². The zero-order chi connectivity index (χ0) is 21.2. The molecule has 156 valence electrons. The highest BCUT2D eigenvalue weighted by Gasteiger charge is 2.30. The molecule has 0 heterocycles. The maximum Gasteiger partial charge on any atom is 0.243 e. The number of nitrogens with zero attached hydrogens (tertiary/aromatic N) is 1. The molecule has 2 rings (SSSR count). The number of hydrogen-bond donors (Lipinski definition) is 1. The highest BCUT2D eigenvalue weighted by atomic mass is 16.2. The second-order valence-electron chi connectivity index (χ2n) is 7.78. The van der Waals surface area contributed by atoms with E-state index >= 15 is 0 Å². The summed E-state index contributed by atoms with van der Waals surface area (Å²) in [6, 6.07) is 17.6. The van der Waals surface area contributed by atoms with Gasteiger partial charge >= 0.3 is 0 Å². The minimum Gasteiger partial charge on any atom is -0.352 e. The Morgan fingerprint density at radius 2 is 1.69 bits per heavy atom. The Hall–Kier alpha value is -2.62. The molecule has 1 N–H and O–H groups in total. The Bertz CT molecular complexity index is 788. The van der Waals surface area contributed by atoms with Crippen molar-refractivity contribution in [3.8, 4) is 0 Å². The number of aryl methyl sites for hydroxylation is 1. The fourth-order valence-corrected chi connectivity index (χ4v) is 3.36. The molecular weight excluding hydrogens is 360 g/mol. The summed E-state index contributed by atoms with van der Waals surface area (Å²) in [6.07, 6.45) is 2.55. The van der Waals surface area contributed by atoms with Crippen LogP contribution in [0.15, 0.2) is 54.6 Å². The standard InChI is InChI=1S/C25H34N2O2/c1-5-11-24(28)27(18-22-15-10-12-19(3)16-22)23(25(29)26-20(4)6-2)17-21-13-8-7-9-14-21/h7-10,12-16,20,23H,5-6,11,17-18H2,1-4H3,(H,26,29)/t20-,23+/m1/s1. The Morgan fingerprint density at radius 1 is 1.00 bits per heavy atom. The first-order valence-corrected chi connectivity index (χ1v) is 10.6. The van der Waals surface area contributed by atoms with Gasteiger partial charge in [-0.2, -0.15) is 0 Å². The first-order valence-electron chi connectivity index (χ1n) is 10.6. The lowest BCUT2D eigenvalue weighted by molar-refractivity contribution is -0.141. The van der Waals surface area contributed by atoms with Crippen molar-refractivity contribution in [2.75, 3.05) is 0 Å². The van der Waals surface area contributed by atoms with Gasteiger partial charge in [-0.05, 0) is 37.8 Å². The van der Waals surface area contributed by atoms with Crippen molar-refractivity contribution in [2.24, 2.45) is 0 Å². The van der Waals surface area contributed by atoms with Crippen LogP contribution in [-0.4, -0.2) is 28.8 Å². The predicted octanol–water partition coefficient (Wildman–Crippen LogP) is 4.65. The van der Waals surface area contributed by atoms with Gasteiger partial charge < -0.3 is 10.2 Å². The number of carbonyl (C=O) groups excluding carboxylic acids is 2. The molecule has 0 aliphatic heterocycles. The van der Waals surface area contributed by atoms with E-state index in [-0.39, 0.29) is 17.9 Å². The van der Waals surface area contributed by atoms with Gasteiger partial charge in [-0.1, -0.05) is 74.0 Å². The zero-order valence-corrected chi connectivity index (χ0v) is 18.2. The molecule has 0 radical (unpaired) electrons. The molecule has 0 aromatic heterocycles. The molecule has 2 aromatic rings. The monoisotopic (exact) mass is 394 g/mol. The largest absolute Gasteiger partial charge is 0.352 e. The number of hydrogen-bond acceptors (Lipinski definition) is 2. The van der Waals surface area contributed by atoms with Crippen LogP contribution in [0.3, 0.4) is 0 Å². The minimum absolute atomic E-state index is 0.0224. The predicted molar refractivity (Wildman–Crippen MR) is 118 cm³/mol. The lowest BCUT2D eigenvalue weighted by Gasteiger charge is -2.32. The average molecular weight is 395 g/mol. The SMILES string of the molecule is CCCC(=O)N(Cc1cccc(C)c1)[C@@H](Cc1ccccc1)C(=O)N[C@H](C)CC. The molecule has 0 bridgehead atoms. The van der Waals surface area contributed by atoms with Crippen molar-refractivity contribution in [1.82, 2.24) is 10.2 Å².